The van der Waals surface area contributed by atoms with E-state index in [0.717, 1.165) is 4.31 Å². The van der Waals surface area contributed by atoms with Crippen molar-refractivity contribution >= 4 is 39.1 Å². The molecule has 23 heavy (non-hydrogen) atoms. The molecule has 0 N–H and O–H groups in total. The fraction of sp³-hybridized carbons (Fsp3) is 0.467. The van der Waals surface area contributed by atoms with Gasteiger partial charge in [0, 0.05) is 18.7 Å². The maximum atomic E-state index is 12.4. The first-order valence-corrected chi connectivity index (χ1v) is 9.37. The maximum absolute atomic E-state index is 12.4. The van der Waals surface area contributed by atoms with E-state index in [0.29, 0.717) is 18.7 Å². The summed E-state index contributed by atoms with van der Waals surface area (Å²) in [5.41, 5.74) is 0.342. The Hall–Kier alpha value is -1.60. The number of rotatable bonds is 4. The summed E-state index contributed by atoms with van der Waals surface area (Å²) >= 11 is 6.09. The number of anilines is 1. The lowest BCUT2D eigenvalue weighted by molar-refractivity contribution is -0.119. The Labute approximate surface area is 141 Å². The van der Waals surface area contributed by atoms with Crippen molar-refractivity contribution in [1.82, 2.24) is 4.90 Å². The summed E-state index contributed by atoms with van der Waals surface area (Å²) in [6.45, 7) is 6.33. The van der Waals surface area contributed by atoms with Gasteiger partial charge < -0.3 is 4.90 Å². The zero-order valence-corrected chi connectivity index (χ0v) is 14.8. The normalized spacial score (nSPS) is 19.9. The smallest absolute Gasteiger partial charge is 0.253 e. The molecular weight excluding hydrogens is 340 g/mol. The summed E-state index contributed by atoms with van der Waals surface area (Å²) in [6, 6.07) is 4.35. The van der Waals surface area contributed by atoms with Crippen molar-refractivity contribution in [2.24, 2.45) is 5.92 Å². The Kier molecular flexibility index (Phi) is 5.01. The van der Waals surface area contributed by atoms with Crippen LogP contribution >= 0.6 is 11.6 Å². The summed E-state index contributed by atoms with van der Waals surface area (Å²) < 4.78 is 25.1. The van der Waals surface area contributed by atoms with Gasteiger partial charge in [-0.2, -0.15) is 0 Å². The van der Waals surface area contributed by atoms with Crippen molar-refractivity contribution in [3.05, 3.63) is 28.8 Å². The van der Waals surface area contributed by atoms with E-state index in [1.54, 1.807) is 11.8 Å². The minimum absolute atomic E-state index is 0.0408. The molecule has 0 bridgehead atoms. The third-order valence-corrected chi connectivity index (χ3v) is 6.00. The van der Waals surface area contributed by atoms with Crippen LogP contribution in [0.5, 0.6) is 0 Å². The van der Waals surface area contributed by atoms with E-state index in [2.05, 4.69) is 0 Å². The molecule has 0 aliphatic carbocycles. The highest BCUT2D eigenvalue weighted by molar-refractivity contribution is 7.94. The molecule has 1 unspecified atom stereocenters. The Bertz CT molecular complexity index is 744. The molecule has 1 atom stereocenters. The molecule has 1 fully saturated rings. The quantitative estimate of drug-likeness (QED) is 0.826. The van der Waals surface area contributed by atoms with Crippen LogP contribution in [0.4, 0.5) is 5.69 Å². The molecule has 0 radical (unpaired) electrons. The molecule has 1 aliphatic heterocycles. The molecule has 0 saturated carbocycles. The molecule has 1 aromatic carbocycles. The first-order chi connectivity index (χ1) is 10.7. The number of nitrogens with zero attached hydrogens (tertiary/aromatic N) is 2. The average molecular weight is 359 g/mol. The molecule has 1 saturated heterocycles. The van der Waals surface area contributed by atoms with Crippen LogP contribution in [0.25, 0.3) is 0 Å². The third-order valence-electron chi connectivity index (χ3n) is 3.82. The average Bonchev–Trinajstić information content (AvgIpc) is 2.69. The molecule has 8 heteroatoms. The highest BCUT2D eigenvalue weighted by Crippen LogP contribution is 2.34. The number of amides is 2. The van der Waals surface area contributed by atoms with Gasteiger partial charge in [0.15, 0.2) is 0 Å². The van der Waals surface area contributed by atoms with Gasteiger partial charge in [0.05, 0.1) is 22.4 Å². The van der Waals surface area contributed by atoms with Crippen molar-refractivity contribution < 1.29 is 18.0 Å². The molecule has 0 spiro atoms. The van der Waals surface area contributed by atoms with Crippen LogP contribution in [0.15, 0.2) is 18.2 Å². The van der Waals surface area contributed by atoms with Gasteiger partial charge in [-0.1, -0.05) is 18.5 Å². The number of sulfonamides is 1. The number of benzene rings is 1. The second kappa shape index (κ2) is 6.49. The SMILES string of the molecule is CCN(CC)C(=O)c1ccc(Cl)c(N2C(=O)C(C)CS2(=O)=O)c1. The Morgan fingerprint density at radius 1 is 1.35 bits per heavy atom. The first-order valence-electron chi connectivity index (χ1n) is 7.38. The van der Waals surface area contributed by atoms with E-state index in [1.807, 2.05) is 13.8 Å². The monoisotopic (exact) mass is 358 g/mol. The number of hydrogen-bond donors (Lipinski definition) is 0. The zero-order valence-electron chi connectivity index (χ0n) is 13.2. The van der Waals surface area contributed by atoms with Crippen LogP contribution in [0.1, 0.15) is 31.1 Å². The van der Waals surface area contributed by atoms with Gasteiger partial charge in [0.1, 0.15) is 0 Å². The standard InChI is InChI=1S/C15H19ClN2O4S/c1-4-17(5-2)15(20)11-6-7-12(16)13(8-11)18-14(19)10(3)9-23(18,21)22/h6-8,10H,4-5,9H2,1-3H3. The van der Waals surface area contributed by atoms with Crippen LogP contribution in [-0.4, -0.2) is 44.0 Å². The fourth-order valence-electron chi connectivity index (χ4n) is 2.56. The summed E-state index contributed by atoms with van der Waals surface area (Å²) in [6.07, 6.45) is 0. The lowest BCUT2D eigenvalue weighted by Crippen LogP contribution is -2.32. The van der Waals surface area contributed by atoms with E-state index in [1.165, 1.54) is 18.2 Å². The summed E-state index contributed by atoms with van der Waals surface area (Å²) in [4.78, 5) is 26.2. The van der Waals surface area contributed by atoms with Gasteiger partial charge in [-0.25, -0.2) is 12.7 Å². The highest BCUT2D eigenvalue weighted by Gasteiger charge is 2.43. The Morgan fingerprint density at radius 2 is 1.96 bits per heavy atom. The molecule has 2 rings (SSSR count). The van der Waals surface area contributed by atoms with Crippen LogP contribution in [-0.2, 0) is 14.8 Å². The van der Waals surface area contributed by atoms with Crippen LogP contribution in [0.3, 0.4) is 0 Å². The predicted molar refractivity (Wildman–Crippen MR) is 89.1 cm³/mol. The topological polar surface area (TPSA) is 74.8 Å². The molecule has 0 aromatic heterocycles. The lowest BCUT2D eigenvalue weighted by atomic mass is 10.1. The number of halogens is 1. The van der Waals surface area contributed by atoms with Gasteiger partial charge in [-0.05, 0) is 32.0 Å². The maximum Gasteiger partial charge on any atom is 0.253 e. The van der Waals surface area contributed by atoms with E-state index in [-0.39, 0.29) is 22.4 Å². The molecule has 1 aliphatic rings. The molecule has 126 valence electrons. The van der Waals surface area contributed by atoms with Crippen molar-refractivity contribution in [3.8, 4) is 0 Å². The zero-order chi connectivity index (χ0) is 17.4. The lowest BCUT2D eigenvalue weighted by Gasteiger charge is -2.21. The van der Waals surface area contributed by atoms with E-state index < -0.39 is 21.8 Å². The van der Waals surface area contributed by atoms with Crippen molar-refractivity contribution in [2.75, 3.05) is 23.1 Å². The molecule has 1 heterocycles. The van der Waals surface area contributed by atoms with Crippen molar-refractivity contribution in [1.29, 1.82) is 0 Å². The number of hydrogen-bond acceptors (Lipinski definition) is 4. The molecule has 2 amide bonds. The van der Waals surface area contributed by atoms with E-state index in [4.69, 9.17) is 11.6 Å². The number of carbonyl (C=O) groups is 2. The van der Waals surface area contributed by atoms with Gasteiger partial charge in [0.2, 0.25) is 15.9 Å². The summed E-state index contributed by atoms with van der Waals surface area (Å²) in [5.74, 6) is -1.64. The van der Waals surface area contributed by atoms with Gasteiger partial charge in [-0.15, -0.1) is 0 Å². The van der Waals surface area contributed by atoms with Crippen LogP contribution < -0.4 is 4.31 Å². The van der Waals surface area contributed by atoms with Gasteiger partial charge >= 0.3 is 0 Å². The van der Waals surface area contributed by atoms with E-state index >= 15 is 0 Å². The van der Waals surface area contributed by atoms with Crippen molar-refractivity contribution in [2.45, 2.75) is 20.8 Å². The van der Waals surface area contributed by atoms with Gasteiger partial charge in [-0.3, -0.25) is 9.59 Å². The van der Waals surface area contributed by atoms with E-state index in [9.17, 15) is 18.0 Å². The Morgan fingerprint density at radius 3 is 2.43 bits per heavy atom. The fourth-order valence-corrected chi connectivity index (χ4v) is 4.64. The highest BCUT2D eigenvalue weighted by atomic mass is 35.5. The van der Waals surface area contributed by atoms with Crippen LogP contribution in [0.2, 0.25) is 5.02 Å². The second-order valence-electron chi connectivity index (χ2n) is 5.43. The second-order valence-corrected chi connectivity index (χ2v) is 7.70. The number of carbonyl (C=O) groups excluding carboxylic acids is 2. The third kappa shape index (κ3) is 3.21. The first kappa shape index (κ1) is 17.7. The molecule has 6 nitrogen and oxygen atoms in total. The molecule has 1 aromatic rings. The minimum atomic E-state index is -3.76. The molecular formula is C15H19ClN2O4S. The summed E-state index contributed by atoms with van der Waals surface area (Å²) in [5, 5.41) is 0.118. The van der Waals surface area contributed by atoms with Crippen molar-refractivity contribution in [3.63, 3.8) is 0 Å². The van der Waals surface area contributed by atoms with Crippen LogP contribution in [0, 0.1) is 5.92 Å². The summed E-state index contributed by atoms with van der Waals surface area (Å²) in [7, 11) is -3.76. The minimum Gasteiger partial charge on any atom is -0.339 e. The Balaban J connectivity index is 2.50. The predicted octanol–water partition coefficient (Wildman–Crippen LogP) is 2.13. The largest absolute Gasteiger partial charge is 0.339 e. The van der Waals surface area contributed by atoms with Gasteiger partial charge in [0.25, 0.3) is 5.91 Å².